The average Bonchev–Trinajstić information content (AvgIpc) is 2.84. The first-order valence-corrected chi connectivity index (χ1v) is 6.10. The van der Waals surface area contributed by atoms with Gasteiger partial charge in [-0.05, 0) is 18.2 Å². The monoisotopic (exact) mass is 276 g/mol. The number of carbonyl (C=O) groups is 1. The lowest BCUT2D eigenvalue weighted by molar-refractivity contribution is 0.0953. The summed E-state index contributed by atoms with van der Waals surface area (Å²) in [5.74, 6) is 0.807. The second-order valence-electron chi connectivity index (χ2n) is 4.25. The van der Waals surface area contributed by atoms with E-state index in [1.54, 1.807) is 23.0 Å². The number of benzene rings is 1. The van der Waals surface area contributed by atoms with Crippen LogP contribution in [0.3, 0.4) is 0 Å². The molecule has 2 N–H and O–H groups in total. The summed E-state index contributed by atoms with van der Waals surface area (Å²) in [4.78, 5) is 11.9. The van der Waals surface area contributed by atoms with Gasteiger partial charge in [0.1, 0.15) is 12.2 Å². The van der Waals surface area contributed by atoms with E-state index < -0.39 is 0 Å². The first-order valence-electron chi connectivity index (χ1n) is 6.10. The van der Waals surface area contributed by atoms with Gasteiger partial charge in [-0.25, -0.2) is 0 Å². The fourth-order valence-corrected chi connectivity index (χ4v) is 1.75. The number of amides is 1. The summed E-state index contributed by atoms with van der Waals surface area (Å²) >= 11 is 0. The number of aryl methyl sites for hydroxylation is 1. The largest absolute Gasteiger partial charge is 0.504 e. The zero-order chi connectivity index (χ0) is 14.5. The minimum Gasteiger partial charge on any atom is -0.504 e. The van der Waals surface area contributed by atoms with Crippen LogP contribution < -0.4 is 10.1 Å². The van der Waals surface area contributed by atoms with E-state index in [1.807, 2.05) is 7.05 Å². The molecule has 1 aromatic carbocycles. The maximum Gasteiger partial charge on any atom is 0.251 e. The molecular formula is C13H16N4O3. The van der Waals surface area contributed by atoms with Gasteiger partial charge in [-0.1, -0.05) is 0 Å². The standard InChI is InChI=1S/C13H16N4O3/c1-17-8-15-16-12(17)5-6-14-13(19)9-3-4-11(20-2)10(18)7-9/h3-4,7-8,18H,5-6H2,1-2H3,(H,14,19). The maximum atomic E-state index is 11.9. The van der Waals surface area contributed by atoms with Crippen molar-refractivity contribution in [3.63, 3.8) is 0 Å². The lowest BCUT2D eigenvalue weighted by atomic mass is 10.2. The smallest absolute Gasteiger partial charge is 0.251 e. The van der Waals surface area contributed by atoms with Crippen molar-refractivity contribution < 1.29 is 14.6 Å². The van der Waals surface area contributed by atoms with E-state index in [0.29, 0.717) is 24.3 Å². The van der Waals surface area contributed by atoms with Crippen molar-refractivity contribution in [3.05, 3.63) is 35.9 Å². The maximum absolute atomic E-state index is 11.9. The Bertz CT molecular complexity index is 609. The molecule has 106 valence electrons. The van der Waals surface area contributed by atoms with Crippen LogP contribution in [0.4, 0.5) is 0 Å². The lowest BCUT2D eigenvalue weighted by Crippen LogP contribution is -2.26. The predicted molar refractivity (Wildman–Crippen MR) is 71.7 cm³/mol. The fraction of sp³-hybridized carbons (Fsp3) is 0.308. The summed E-state index contributed by atoms with van der Waals surface area (Å²) in [6, 6.07) is 4.51. The van der Waals surface area contributed by atoms with Crippen LogP contribution in [0.15, 0.2) is 24.5 Å². The lowest BCUT2D eigenvalue weighted by Gasteiger charge is -2.07. The van der Waals surface area contributed by atoms with Crippen LogP contribution in [0.25, 0.3) is 0 Å². The van der Waals surface area contributed by atoms with Gasteiger partial charge < -0.3 is 19.7 Å². The van der Waals surface area contributed by atoms with Crippen LogP contribution >= 0.6 is 0 Å². The Morgan fingerprint density at radius 1 is 1.50 bits per heavy atom. The first kappa shape index (κ1) is 13.9. The van der Waals surface area contributed by atoms with Crippen molar-refractivity contribution in [2.75, 3.05) is 13.7 Å². The highest BCUT2D eigenvalue weighted by Gasteiger charge is 2.09. The number of phenolic OH excluding ortho intramolecular Hbond substituents is 1. The Hall–Kier alpha value is -2.57. The summed E-state index contributed by atoms with van der Waals surface area (Å²) < 4.78 is 6.72. The number of methoxy groups -OCH3 is 1. The molecule has 1 aromatic heterocycles. The number of nitrogens with one attached hydrogen (secondary N) is 1. The molecule has 0 saturated carbocycles. The molecule has 0 spiro atoms. The Balaban J connectivity index is 1.92. The molecule has 0 aliphatic heterocycles. The molecule has 0 atom stereocenters. The third-order valence-corrected chi connectivity index (χ3v) is 2.88. The van der Waals surface area contributed by atoms with E-state index in [9.17, 15) is 9.90 Å². The van der Waals surface area contributed by atoms with Crippen molar-refractivity contribution in [1.29, 1.82) is 0 Å². The number of hydrogen-bond acceptors (Lipinski definition) is 5. The summed E-state index contributed by atoms with van der Waals surface area (Å²) in [6.07, 6.45) is 2.20. The van der Waals surface area contributed by atoms with Crippen molar-refractivity contribution in [2.24, 2.45) is 7.05 Å². The third-order valence-electron chi connectivity index (χ3n) is 2.88. The summed E-state index contributed by atoms with van der Waals surface area (Å²) in [5.41, 5.74) is 0.376. The highest BCUT2D eigenvalue weighted by molar-refractivity contribution is 5.94. The Morgan fingerprint density at radius 2 is 2.30 bits per heavy atom. The van der Waals surface area contributed by atoms with Crippen LogP contribution in [-0.4, -0.2) is 39.4 Å². The number of aromatic hydroxyl groups is 1. The topological polar surface area (TPSA) is 89.3 Å². The van der Waals surface area contributed by atoms with Gasteiger partial charge in [0.2, 0.25) is 0 Å². The van der Waals surface area contributed by atoms with Gasteiger partial charge in [0.15, 0.2) is 11.5 Å². The Kier molecular flexibility index (Phi) is 4.19. The van der Waals surface area contributed by atoms with Gasteiger partial charge >= 0.3 is 0 Å². The van der Waals surface area contributed by atoms with Crippen molar-refractivity contribution in [2.45, 2.75) is 6.42 Å². The molecule has 20 heavy (non-hydrogen) atoms. The molecule has 0 aliphatic rings. The number of hydrogen-bond donors (Lipinski definition) is 2. The van der Waals surface area contributed by atoms with E-state index in [1.165, 1.54) is 13.2 Å². The van der Waals surface area contributed by atoms with Crippen LogP contribution in [0, 0.1) is 0 Å². The average molecular weight is 276 g/mol. The zero-order valence-electron chi connectivity index (χ0n) is 11.3. The first-order chi connectivity index (χ1) is 9.61. The molecule has 2 aromatic rings. The molecule has 2 rings (SSSR count). The van der Waals surface area contributed by atoms with Gasteiger partial charge in [0, 0.05) is 25.6 Å². The molecule has 0 radical (unpaired) electrons. The quantitative estimate of drug-likeness (QED) is 0.830. The molecule has 1 heterocycles. The number of nitrogens with zero attached hydrogens (tertiary/aromatic N) is 3. The zero-order valence-corrected chi connectivity index (χ0v) is 11.3. The minimum atomic E-state index is -0.259. The number of ether oxygens (including phenoxy) is 1. The number of aromatic nitrogens is 3. The Labute approximate surface area is 116 Å². The third kappa shape index (κ3) is 3.05. The normalized spacial score (nSPS) is 10.3. The number of rotatable bonds is 5. The SMILES string of the molecule is COc1ccc(C(=O)NCCc2nncn2C)cc1O. The minimum absolute atomic E-state index is 0.0616. The molecule has 7 nitrogen and oxygen atoms in total. The van der Waals surface area contributed by atoms with Crippen molar-refractivity contribution >= 4 is 5.91 Å². The molecular weight excluding hydrogens is 260 g/mol. The van der Waals surface area contributed by atoms with E-state index in [-0.39, 0.29) is 11.7 Å². The second-order valence-corrected chi connectivity index (χ2v) is 4.25. The van der Waals surface area contributed by atoms with Gasteiger partial charge in [-0.3, -0.25) is 4.79 Å². The van der Waals surface area contributed by atoms with Gasteiger partial charge in [0.05, 0.1) is 7.11 Å². The molecule has 7 heteroatoms. The number of phenols is 1. The molecule has 1 amide bonds. The summed E-state index contributed by atoms with van der Waals surface area (Å²) in [6.45, 7) is 0.443. The van der Waals surface area contributed by atoms with Gasteiger partial charge in [0.25, 0.3) is 5.91 Å². The number of carbonyl (C=O) groups excluding carboxylic acids is 1. The van der Waals surface area contributed by atoms with E-state index in [2.05, 4.69) is 15.5 Å². The second kappa shape index (κ2) is 6.05. The van der Waals surface area contributed by atoms with Gasteiger partial charge in [-0.2, -0.15) is 0 Å². The summed E-state index contributed by atoms with van der Waals surface area (Å²) in [7, 11) is 3.30. The molecule has 0 aliphatic carbocycles. The highest BCUT2D eigenvalue weighted by atomic mass is 16.5. The molecule has 0 bridgehead atoms. The molecule has 0 saturated heterocycles. The van der Waals surface area contributed by atoms with Crippen LogP contribution in [0.2, 0.25) is 0 Å². The van der Waals surface area contributed by atoms with E-state index in [0.717, 1.165) is 5.82 Å². The van der Waals surface area contributed by atoms with Crippen LogP contribution in [0.1, 0.15) is 16.2 Å². The fourth-order valence-electron chi connectivity index (χ4n) is 1.75. The molecule has 0 unspecified atom stereocenters. The van der Waals surface area contributed by atoms with Crippen LogP contribution in [-0.2, 0) is 13.5 Å². The van der Waals surface area contributed by atoms with Gasteiger partial charge in [-0.15, -0.1) is 10.2 Å². The predicted octanol–water partition coefficient (Wildman–Crippen LogP) is 0.502. The van der Waals surface area contributed by atoms with E-state index >= 15 is 0 Å². The van der Waals surface area contributed by atoms with E-state index in [4.69, 9.17) is 4.74 Å². The Morgan fingerprint density at radius 3 is 2.90 bits per heavy atom. The molecule has 0 fully saturated rings. The van der Waals surface area contributed by atoms with Crippen LogP contribution in [0.5, 0.6) is 11.5 Å². The van der Waals surface area contributed by atoms with Crippen molar-refractivity contribution in [3.8, 4) is 11.5 Å². The summed E-state index contributed by atoms with van der Waals surface area (Å²) in [5, 5.41) is 20.1. The highest BCUT2D eigenvalue weighted by Crippen LogP contribution is 2.25. The van der Waals surface area contributed by atoms with Crippen molar-refractivity contribution in [1.82, 2.24) is 20.1 Å².